The number of para-hydroxylation sites is 1. The number of hydrogen-bond donors (Lipinski definition) is 3. The second-order valence-electron chi connectivity index (χ2n) is 6.27. The normalized spacial score (nSPS) is 27.9. The first-order valence-corrected chi connectivity index (χ1v) is 8.63. The molecule has 1 aliphatic heterocycles. The number of aryl methyl sites for hydroxylation is 1. The highest BCUT2D eigenvalue weighted by molar-refractivity contribution is 6.25. The average molecular weight is 395 g/mol. The number of benzene rings is 1. The number of nitrogens with zero attached hydrogens (tertiary/aromatic N) is 1. The summed E-state index contributed by atoms with van der Waals surface area (Å²) in [6.45, 7) is 1.35. The third-order valence-electron chi connectivity index (χ3n) is 4.43. The smallest absolute Gasteiger partial charge is 0.330 e. The first kappa shape index (κ1) is 19.4. The maximum Gasteiger partial charge on any atom is 0.330 e. The highest BCUT2D eigenvalue weighted by Gasteiger charge is 2.54. The fourth-order valence-corrected chi connectivity index (χ4v) is 3.14. The molecule has 3 N–H and O–H groups in total. The van der Waals surface area contributed by atoms with Gasteiger partial charge in [-0.1, -0.05) is 29.8 Å². The van der Waals surface area contributed by atoms with Gasteiger partial charge in [0.25, 0.3) is 5.56 Å². The second kappa shape index (κ2) is 7.69. The zero-order valence-corrected chi connectivity index (χ0v) is 15.2. The van der Waals surface area contributed by atoms with E-state index in [0.29, 0.717) is 5.75 Å². The summed E-state index contributed by atoms with van der Waals surface area (Å²) in [7, 11) is 0. The predicted molar refractivity (Wildman–Crippen MR) is 97.9 cm³/mol. The Bertz CT molecular complexity index is 941. The van der Waals surface area contributed by atoms with E-state index < -0.39 is 35.3 Å². The quantitative estimate of drug-likeness (QED) is 0.686. The maximum absolute atomic E-state index is 12.1. The number of ether oxygens (including phenoxy) is 2. The third kappa shape index (κ3) is 3.70. The van der Waals surface area contributed by atoms with Gasteiger partial charge in [0.15, 0.2) is 11.8 Å². The van der Waals surface area contributed by atoms with Crippen molar-refractivity contribution in [3.8, 4) is 5.75 Å². The Hall–Kier alpha value is -2.39. The van der Waals surface area contributed by atoms with Crippen LogP contribution in [0, 0.1) is 6.92 Å². The molecule has 1 aliphatic rings. The largest absolute Gasteiger partial charge is 0.490 e. The van der Waals surface area contributed by atoms with Gasteiger partial charge < -0.3 is 19.7 Å². The minimum Gasteiger partial charge on any atom is -0.490 e. The van der Waals surface area contributed by atoms with E-state index in [1.54, 1.807) is 24.3 Å². The molecule has 2 unspecified atom stereocenters. The topological polar surface area (TPSA) is 114 Å². The average Bonchev–Trinajstić information content (AvgIpc) is 2.90. The van der Waals surface area contributed by atoms with Crippen molar-refractivity contribution in [2.75, 3.05) is 6.61 Å². The summed E-state index contributed by atoms with van der Waals surface area (Å²) in [6.07, 6.45) is -1.51. The molecular weight excluding hydrogens is 376 g/mol. The molecule has 0 aliphatic carbocycles. The summed E-state index contributed by atoms with van der Waals surface area (Å²) in [6, 6.07) is 8.84. The van der Waals surface area contributed by atoms with Gasteiger partial charge in [-0.3, -0.25) is 14.3 Å². The number of hydrogen-bond acceptors (Lipinski definition) is 6. The summed E-state index contributed by atoms with van der Waals surface area (Å²) in [5.74, 6) is 0.533. The van der Waals surface area contributed by atoms with Crippen LogP contribution in [-0.4, -0.2) is 44.2 Å². The summed E-state index contributed by atoms with van der Waals surface area (Å²) in [5.41, 5.74) is -1.40. The number of halogens is 1. The van der Waals surface area contributed by atoms with E-state index in [4.69, 9.17) is 21.1 Å². The van der Waals surface area contributed by atoms with Crippen LogP contribution >= 0.6 is 11.6 Å². The van der Waals surface area contributed by atoms with Crippen LogP contribution in [0.4, 0.5) is 0 Å². The molecule has 2 aromatic rings. The fourth-order valence-electron chi connectivity index (χ4n) is 2.93. The van der Waals surface area contributed by atoms with E-state index in [0.717, 1.165) is 10.1 Å². The lowest BCUT2D eigenvalue weighted by molar-refractivity contribution is -0.0948. The molecule has 4 atom stereocenters. The van der Waals surface area contributed by atoms with E-state index in [2.05, 4.69) is 4.98 Å². The molecule has 3 rings (SSSR count). The Morgan fingerprint density at radius 3 is 2.70 bits per heavy atom. The maximum atomic E-state index is 12.1. The monoisotopic (exact) mass is 394 g/mol. The SMILES string of the molecule is Cc1cn([C@@H]2O[C@](/C=C\Cl)(COc3ccccc3)C(O)C2O)c(=O)[nH]c1=O. The molecule has 1 saturated heterocycles. The molecular formula is C18H19ClN2O6. The van der Waals surface area contributed by atoms with Crippen molar-refractivity contribution in [2.24, 2.45) is 0 Å². The number of H-pyrrole nitrogens is 1. The minimum atomic E-state index is -1.49. The summed E-state index contributed by atoms with van der Waals surface area (Å²) < 4.78 is 12.5. The lowest BCUT2D eigenvalue weighted by Gasteiger charge is -2.28. The van der Waals surface area contributed by atoms with E-state index in [9.17, 15) is 19.8 Å². The highest BCUT2D eigenvalue weighted by Crippen LogP contribution is 2.38. The van der Waals surface area contributed by atoms with Gasteiger partial charge in [0.2, 0.25) is 0 Å². The lowest BCUT2D eigenvalue weighted by Crippen LogP contribution is -2.46. The Morgan fingerprint density at radius 1 is 1.33 bits per heavy atom. The molecule has 144 valence electrons. The van der Waals surface area contributed by atoms with Crippen molar-refractivity contribution in [1.29, 1.82) is 0 Å². The van der Waals surface area contributed by atoms with E-state index in [1.807, 2.05) is 6.07 Å². The van der Waals surface area contributed by atoms with Crippen LogP contribution in [0.1, 0.15) is 11.8 Å². The van der Waals surface area contributed by atoms with Gasteiger partial charge in [0.1, 0.15) is 24.6 Å². The summed E-state index contributed by atoms with van der Waals surface area (Å²) in [5, 5.41) is 21.1. The van der Waals surface area contributed by atoms with Crippen LogP contribution in [0.5, 0.6) is 5.75 Å². The van der Waals surface area contributed by atoms with Crippen molar-refractivity contribution in [3.63, 3.8) is 0 Å². The molecule has 0 spiro atoms. The molecule has 0 saturated carbocycles. The van der Waals surface area contributed by atoms with E-state index in [1.165, 1.54) is 19.2 Å². The lowest BCUT2D eigenvalue weighted by atomic mass is 9.96. The zero-order valence-electron chi connectivity index (χ0n) is 14.4. The molecule has 0 bridgehead atoms. The standard InChI is InChI=1S/C18H19ClN2O6/c1-11-9-21(17(25)20-15(11)24)16-13(22)14(23)18(27-16,7-8-19)10-26-12-5-3-2-4-6-12/h2-9,13-14,16,22-23H,10H2,1H3,(H,20,24,25)/b8-7-/t13?,14?,16-,18-/m1/s1. The van der Waals surface area contributed by atoms with Crippen molar-refractivity contribution in [1.82, 2.24) is 9.55 Å². The summed E-state index contributed by atoms with van der Waals surface area (Å²) in [4.78, 5) is 25.9. The predicted octanol–water partition coefficient (Wildman–Crippen LogP) is 0.666. The van der Waals surface area contributed by atoms with Gasteiger partial charge in [0.05, 0.1) is 0 Å². The fraction of sp³-hybridized carbons (Fsp3) is 0.333. The van der Waals surface area contributed by atoms with Gasteiger partial charge in [-0.15, -0.1) is 0 Å². The van der Waals surface area contributed by atoms with Crippen molar-refractivity contribution < 1.29 is 19.7 Å². The Balaban J connectivity index is 1.93. The van der Waals surface area contributed by atoms with Crippen molar-refractivity contribution >= 4 is 11.6 Å². The molecule has 0 amide bonds. The highest BCUT2D eigenvalue weighted by atomic mass is 35.5. The molecule has 0 radical (unpaired) electrons. The molecule has 1 aromatic carbocycles. The van der Waals surface area contributed by atoms with Gasteiger partial charge in [-0.2, -0.15) is 0 Å². The Morgan fingerprint density at radius 2 is 2.04 bits per heavy atom. The van der Waals surface area contributed by atoms with E-state index in [-0.39, 0.29) is 12.2 Å². The Labute approximate surface area is 159 Å². The van der Waals surface area contributed by atoms with Crippen molar-refractivity contribution in [3.05, 3.63) is 74.5 Å². The van der Waals surface area contributed by atoms with Crippen LogP contribution < -0.4 is 16.0 Å². The summed E-state index contributed by atoms with van der Waals surface area (Å²) >= 11 is 5.71. The third-order valence-corrected chi connectivity index (χ3v) is 4.56. The number of aromatic nitrogens is 2. The molecule has 9 heteroatoms. The molecule has 1 fully saturated rings. The molecule has 1 aromatic heterocycles. The number of rotatable bonds is 5. The molecule has 2 heterocycles. The van der Waals surface area contributed by atoms with Gasteiger partial charge >= 0.3 is 5.69 Å². The zero-order chi connectivity index (χ0) is 19.6. The molecule has 27 heavy (non-hydrogen) atoms. The van der Waals surface area contributed by atoms with Crippen LogP contribution in [0.25, 0.3) is 0 Å². The van der Waals surface area contributed by atoms with Gasteiger partial charge in [-0.25, -0.2) is 4.79 Å². The minimum absolute atomic E-state index is 0.161. The van der Waals surface area contributed by atoms with Crippen LogP contribution in [-0.2, 0) is 4.74 Å². The second-order valence-corrected chi connectivity index (χ2v) is 6.52. The van der Waals surface area contributed by atoms with Crippen molar-refractivity contribution in [2.45, 2.75) is 31.0 Å². The number of nitrogens with one attached hydrogen (secondary N) is 1. The molecule has 8 nitrogen and oxygen atoms in total. The Kier molecular flexibility index (Phi) is 5.52. The van der Waals surface area contributed by atoms with Crippen LogP contribution in [0.15, 0.2) is 57.7 Å². The first-order chi connectivity index (χ1) is 12.9. The van der Waals surface area contributed by atoms with E-state index >= 15 is 0 Å². The number of aliphatic hydroxyl groups excluding tert-OH is 2. The first-order valence-electron chi connectivity index (χ1n) is 8.20. The van der Waals surface area contributed by atoms with Gasteiger partial charge in [-0.05, 0) is 25.1 Å². The van der Waals surface area contributed by atoms with Crippen LogP contribution in [0.2, 0.25) is 0 Å². The van der Waals surface area contributed by atoms with Gasteiger partial charge in [0, 0.05) is 17.3 Å². The number of aliphatic hydroxyl groups is 2. The number of aromatic amines is 1. The van der Waals surface area contributed by atoms with Crippen LogP contribution in [0.3, 0.4) is 0 Å².